The van der Waals surface area contributed by atoms with Gasteiger partial charge in [-0.15, -0.1) is 0 Å². The minimum absolute atomic E-state index is 0.431. The van der Waals surface area contributed by atoms with Gasteiger partial charge in [0.25, 0.3) is 0 Å². The van der Waals surface area contributed by atoms with E-state index in [1.54, 1.807) is 0 Å². The number of aryl methyl sites for hydroxylation is 1. The van der Waals surface area contributed by atoms with Gasteiger partial charge in [-0.3, -0.25) is 4.90 Å². The zero-order valence-corrected chi connectivity index (χ0v) is 14.8. The van der Waals surface area contributed by atoms with E-state index in [0.29, 0.717) is 5.92 Å². The van der Waals surface area contributed by atoms with Crippen LogP contribution in [0.15, 0.2) is 6.07 Å². The molecular formula is C18H30N4O2. The van der Waals surface area contributed by atoms with E-state index in [1.165, 1.54) is 25.8 Å². The number of anilines is 1. The lowest BCUT2D eigenvalue weighted by Gasteiger charge is -2.26. The number of nitrogens with zero attached hydrogens (tertiary/aromatic N) is 3. The van der Waals surface area contributed by atoms with Gasteiger partial charge in [0.15, 0.2) is 0 Å². The van der Waals surface area contributed by atoms with Crippen LogP contribution in [0.1, 0.15) is 43.1 Å². The van der Waals surface area contributed by atoms with Crippen molar-refractivity contribution in [3.05, 3.63) is 17.6 Å². The van der Waals surface area contributed by atoms with Crippen LogP contribution in [0.3, 0.4) is 0 Å². The fraction of sp³-hybridized carbons (Fsp3) is 0.778. The Labute approximate surface area is 145 Å². The Hall–Kier alpha value is -1.24. The van der Waals surface area contributed by atoms with Gasteiger partial charge >= 0.3 is 0 Å². The van der Waals surface area contributed by atoms with Crippen LogP contribution in [0.2, 0.25) is 0 Å². The zero-order chi connectivity index (χ0) is 16.6. The Kier molecular flexibility index (Phi) is 6.81. The van der Waals surface area contributed by atoms with Crippen molar-refractivity contribution in [1.29, 1.82) is 0 Å². The molecule has 0 bridgehead atoms. The van der Waals surface area contributed by atoms with Crippen molar-refractivity contribution < 1.29 is 9.47 Å². The Morgan fingerprint density at radius 2 is 2.00 bits per heavy atom. The Morgan fingerprint density at radius 1 is 1.12 bits per heavy atom. The Bertz CT molecular complexity index is 500. The Balaban J connectivity index is 1.35. The van der Waals surface area contributed by atoms with Crippen LogP contribution in [0.5, 0.6) is 0 Å². The van der Waals surface area contributed by atoms with Crippen molar-refractivity contribution in [3.8, 4) is 0 Å². The number of morpholine rings is 1. The molecule has 2 aliphatic rings. The first kappa shape index (κ1) is 17.6. The van der Waals surface area contributed by atoms with Gasteiger partial charge in [-0.25, -0.2) is 9.97 Å². The molecule has 6 heteroatoms. The van der Waals surface area contributed by atoms with E-state index in [2.05, 4.69) is 26.3 Å². The SMILES string of the molecule is Cc1nc(NCCCCCN2CCOCC2)cc(C2CCOC2)n1. The molecule has 0 aliphatic carbocycles. The number of ether oxygens (including phenoxy) is 2. The molecule has 0 aromatic carbocycles. The maximum atomic E-state index is 5.47. The lowest BCUT2D eigenvalue weighted by atomic mass is 10.0. The van der Waals surface area contributed by atoms with Crippen LogP contribution in [0, 0.1) is 6.92 Å². The number of hydrogen-bond acceptors (Lipinski definition) is 6. The molecule has 24 heavy (non-hydrogen) atoms. The van der Waals surface area contributed by atoms with Crippen molar-refractivity contribution in [3.63, 3.8) is 0 Å². The van der Waals surface area contributed by atoms with Gasteiger partial charge in [0, 0.05) is 38.2 Å². The maximum Gasteiger partial charge on any atom is 0.129 e. The van der Waals surface area contributed by atoms with Gasteiger partial charge in [0.05, 0.1) is 25.5 Å². The first-order valence-electron chi connectivity index (χ1n) is 9.28. The number of nitrogens with one attached hydrogen (secondary N) is 1. The highest BCUT2D eigenvalue weighted by Gasteiger charge is 2.20. The summed E-state index contributed by atoms with van der Waals surface area (Å²) < 4.78 is 10.9. The molecule has 1 N–H and O–H groups in total. The summed E-state index contributed by atoms with van der Waals surface area (Å²) in [6.45, 7) is 9.73. The van der Waals surface area contributed by atoms with Gasteiger partial charge in [0.1, 0.15) is 11.6 Å². The fourth-order valence-electron chi connectivity index (χ4n) is 3.34. The van der Waals surface area contributed by atoms with Crippen LogP contribution >= 0.6 is 0 Å². The maximum absolute atomic E-state index is 5.47. The average molecular weight is 334 g/mol. The van der Waals surface area contributed by atoms with Gasteiger partial charge in [-0.1, -0.05) is 6.42 Å². The average Bonchev–Trinajstić information content (AvgIpc) is 3.13. The smallest absolute Gasteiger partial charge is 0.129 e. The second kappa shape index (κ2) is 9.30. The van der Waals surface area contributed by atoms with Gasteiger partial charge in [-0.05, 0) is 32.7 Å². The van der Waals surface area contributed by atoms with Crippen molar-refractivity contribution in [1.82, 2.24) is 14.9 Å². The molecule has 1 aromatic heterocycles. The van der Waals surface area contributed by atoms with E-state index >= 15 is 0 Å². The lowest BCUT2D eigenvalue weighted by molar-refractivity contribution is 0.0372. The summed E-state index contributed by atoms with van der Waals surface area (Å²) in [4.78, 5) is 11.6. The molecule has 0 saturated carbocycles. The van der Waals surface area contributed by atoms with E-state index in [-0.39, 0.29) is 0 Å². The summed E-state index contributed by atoms with van der Waals surface area (Å²) in [5.74, 6) is 2.23. The zero-order valence-electron chi connectivity index (χ0n) is 14.8. The quantitative estimate of drug-likeness (QED) is 0.736. The van der Waals surface area contributed by atoms with Gasteiger partial charge < -0.3 is 14.8 Å². The predicted octanol–water partition coefficient (Wildman–Crippen LogP) is 2.20. The summed E-state index contributed by atoms with van der Waals surface area (Å²) >= 11 is 0. The third-order valence-corrected chi connectivity index (χ3v) is 4.77. The van der Waals surface area contributed by atoms with Crippen LogP contribution in [-0.4, -0.2) is 67.5 Å². The highest BCUT2D eigenvalue weighted by molar-refractivity contribution is 5.37. The highest BCUT2D eigenvalue weighted by Crippen LogP contribution is 2.25. The van der Waals surface area contributed by atoms with Gasteiger partial charge in [-0.2, -0.15) is 0 Å². The van der Waals surface area contributed by atoms with E-state index in [9.17, 15) is 0 Å². The molecule has 2 saturated heterocycles. The van der Waals surface area contributed by atoms with Crippen LogP contribution < -0.4 is 5.32 Å². The minimum atomic E-state index is 0.431. The van der Waals surface area contributed by atoms with E-state index in [4.69, 9.17) is 9.47 Å². The molecule has 3 heterocycles. The Morgan fingerprint density at radius 3 is 2.79 bits per heavy atom. The topological polar surface area (TPSA) is 59.5 Å². The third kappa shape index (κ3) is 5.40. The highest BCUT2D eigenvalue weighted by atomic mass is 16.5. The van der Waals surface area contributed by atoms with Crippen LogP contribution in [-0.2, 0) is 9.47 Å². The molecule has 2 aliphatic heterocycles. The third-order valence-electron chi connectivity index (χ3n) is 4.77. The number of unbranched alkanes of at least 4 members (excludes halogenated alkanes) is 2. The van der Waals surface area contributed by atoms with Crippen LogP contribution in [0.25, 0.3) is 0 Å². The number of aromatic nitrogens is 2. The van der Waals surface area contributed by atoms with Crippen molar-refractivity contribution in [2.45, 2.75) is 38.5 Å². The second-order valence-electron chi connectivity index (χ2n) is 6.73. The predicted molar refractivity (Wildman–Crippen MR) is 94.5 cm³/mol. The molecule has 0 amide bonds. The first-order chi connectivity index (χ1) is 11.8. The summed E-state index contributed by atoms with van der Waals surface area (Å²) in [7, 11) is 0. The molecule has 2 fully saturated rings. The fourth-order valence-corrected chi connectivity index (χ4v) is 3.34. The summed E-state index contributed by atoms with van der Waals surface area (Å²) in [5.41, 5.74) is 1.12. The summed E-state index contributed by atoms with van der Waals surface area (Å²) in [5, 5.41) is 3.46. The monoisotopic (exact) mass is 334 g/mol. The standard InChI is InChI=1S/C18H30N4O2/c1-15-20-17(16-5-10-24-14-16)13-18(21-15)19-6-3-2-4-7-22-8-11-23-12-9-22/h13,16H,2-12,14H2,1H3,(H,19,20,21). The first-order valence-corrected chi connectivity index (χ1v) is 9.28. The van der Waals surface area contributed by atoms with Crippen LogP contribution in [0.4, 0.5) is 5.82 Å². The van der Waals surface area contributed by atoms with Crippen molar-refractivity contribution in [2.75, 3.05) is 57.9 Å². The molecule has 0 spiro atoms. The van der Waals surface area contributed by atoms with Gasteiger partial charge in [0.2, 0.25) is 0 Å². The number of rotatable bonds is 8. The van der Waals surface area contributed by atoms with E-state index in [0.717, 1.165) is 69.8 Å². The van der Waals surface area contributed by atoms with Crippen molar-refractivity contribution >= 4 is 5.82 Å². The van der Waals surface area contributed by atoms with E-state index in [1.807, 2.05) is 6.92 Å². The second-order valence-corrected chi connectivity index (χ2v) is 6.73. The molecular weight excluding hydrogens is 304 g/mol. The van der Waals surface area contributed by atoms with Crippen molar-refractivity contribution in [2.24, 2.45) is 0 Å². The molecule has 1 unspecified atom stereocenters. The minimum Gasteiger partial charge on any atom is -0.381 e. The van der Waals surface area contributed by atoms with E-state index < -0.39 is 0 Å². The molecule has 3 rings (SSSR count). The molecule has 134 valence electrons. The number of hydrogen-bond donors (Lipinski definition) is 1. The molecule has 0 radical (unpaired) electrons. The summed E-state index contributed by atoms with van der Waals surface area (Å²) in [6.07, 6.45) is 4.75. The molecule has 6 nitrogen and oxygen atoms in total. The normalized spacial score (nSPS) is 22.0. The largest absolute Gasteiger partial charge is 0.381 e. The molecule has 1 atom stereocenters. The summed E-state index contributed by atoms with van der Waals surface area (Å²) in [6, 6.07) is 2.10. The lowest BCUT2D eigenvalue weighted by Crippen LogP contribution is -2.36. The molecule has 1 aromatic rings.